The van der Waals surface area contributed by atoms with Gasteiger partial charge in [-0.1, -0.05) is 11.6 Å². The number of pyridine rings is 1. The van der Waals surface area contributed by atoms with Crippen LogP contribution in [0.5, 0.6) is 0 Å². The van der Waals surface area contributed by atoms with Gasteiger partial charge < -0.3 is 20.5 Å². The highest BCUT2D eigenvalue weighted by molar-refractivity contribution is 6.30. The lowest BCUT2D eigenvalue weighted by molar-refractivity contribution is 0.0420. The van der Waals surface area contributed by atoms with Gasteiger partial charge in [-0.2, -0.15) is 0 Å². The van der Waals surface area contributed by atoms with Crippen molar-refractivity contribution in [2.24, 2.45) is 0 Å². The van der Waals surface area contributed by atoms with Gasteiger partial charge in [-0.05, 0) is 83.9 Å². The number of ether oxygens (including phenoxy) is 1. The molecular formula is C25H33ClFN3O4. The quantitative estimate of drug-likeness (QED) is 0.529. The van der Waals surface area contributed by atoms with Crippen LogP contribution in [0, 0.1) is 5.82 Å². The van der Waals surface area contributed by atoms with Crippen LogP contribution in [0.1, 0.15) is 63.2 Å². The fourth-order valence-electron chi connectivity index (χ4n) is 3.23. The molecule has 0 fully saturated rings. The summed E-state index contributed by atoms with van der Waals surface area (Å²) in [5.74, 6) is -0.851. The van der Waals surface area contributed by atoms with Crippen LogP contribution in [-0.2, 0) is 17.6 Å². The molecule has 9 heteroatoms. The molecule has 2 aromatic rings. The monoisotopic (exact) mass is 493 g/mol. The summed E-state index contributed by atoms with van der Waals surface area (Å²) in [5, 5.41) is 16.9. The molecule has 0 aliphatic rings. The summed E-state index contributed by atoms with van der Waals surface area (Å²) in [6, 6.07) is 6.39. The first-order valence-electron chi connectivity index (χ1n) is 11.0. The zero-order chi connectivity index (χ0) is 25.7. The molecule has 0 saturated heterocycles. The Labute approximate surface area is 205 Å². The number of aromatic nitrogens is 1. The van der Waals surface area contributed by atoms with E-state index in [9.17, 15) is 19.1 Å². The predicted octanol–water partition coefficient (Wildman–Crippen LogP) is 4.44. The topological polar surface area (TPSA) is 101 Å². The van der Waals surface area contributed by atoms with Crippen LogP contribution in [0.4, 0.5) is 9.18 Å². The molecule has 1 aromatic carbocycles. The van der Waals surface area contributed by atoms with Crippen molar-refractivity contribution in [1.29, 1.82) is 0 Å². The third-order valence-corrected chi connectivity index (χ3v) is 4.88. The number of nitrogens with one attached hydrogen (secondary N) is 2. The molecule has 0 spiro atoms. The fraction of sp³-hybridized carbons (Fsp3) is 0.480. The Morgan fingerprint density at radius 2 is 1.82 bits per heavy atom. The largest absolute Gasteiger partial charge is 0.444 e. The maximum Gasteiger partial charge on any atom is 0.407 e. The smallest absolute Gasteiger partial charge is 0.407 e. The third kappa shape index (κ3) is 8.91. The van der Waals surface area contributed by atoms with Crippen molar-refractivity contribution < 1.29 is 23.8 Å². The highest BCUT2D eigenvalue weighted by atomic mass is 35.5. The van der Waals surface area contributed by atoms with Gasteiger partial charge in [0.25, 0.3) is 5.91 Å². The van der Waals surface area contributed by atoms with E-state index in [4.69, 9.17) is 16.3 Å². The number of halogens is 2. The Bertz CT molecular complexity index is 1020. The normalized spacial score (nSPS) is 13.7. The van der Waals surface area contributed by atoms with E-state index >= 15 is 0 Å². The second-order valence-corrected chi connectivity index (χ2v) is 10.6. The van der Waals surface area contributed by atoms with Gasteiger partial charge in [-0.3, -0.25) is 9.78 Å². The Hall–Kier alpha value is -2.71. The highest BCUT2D eigenvalue weighted by Crippen LogP contribution is 2.20. The van der Waals surface area contributed by atoms with Crippen LogP contribution >= 0.6 is 11.6 Å². The minimum Gasteiger partial charge on any atom is -0.444 e. The van der Waals surface area contributed by atoms with Crippen molar-refractivity contribution in [3.63, 3.8) is 0 Å². The minimum atomic E-state index is -1.21. The van der Waals surface area contributed by atoms with Crippen LogP contribution in [0.15, 0.2) is 36.5 Å². The van der Waals surface area contributed by atoms with Gasteiger partial charge in [0.1, 0.15) is 11.4 Å². The Kier molecular flexibility index (Phi) is 9.02. The summed E-state index contributed by atoms with van der Waals surface area (Å²) in [7, 11) is 0. The Morgan fingerprint density at radius 1 is 1.15 bits per heavy atom. The van der Waals surface area contributed by atoms with Crippen molar-refractivity contribution in [2.45, 2.75) is 77.7 Å². The molecule has 1 heterocycles. The van der Waals surface area contributed by atoms with Gasteiger partial charge in [0.2, 0.25) is 0 Å². The van der Waals surface area contributed by atoms with Gasteiger partial charge in [0, 0.05) is 23.2 Å². The molecule has 186 valence electrons. The van der Waals surface area contributed by atoms with Gasteiger partial charge in [0.15, 0.2) is 0 Å². The molecule has 0 saturated carbocycles. The summed E-state index contributed by atoms with van der Waals surface area (Å²) in [5.41, 5.74) is -0.353. The number of hydrogen-bond acceptors (Lipinski definition) is 5. The van der Waals surface area contributed by atoms with Crippen molar-refractivity contribution in [3.05, 3.63) is 64.2 Å². The molecule has 2 rings (SSSR count). The van der Waals surface area contributed by atoms with E-state index in [0.717, 1.165) is 0 Å². The lowest BCUT2D eigenvalue weighted by atomic mass is 9.96. The number of nitrogens with zero attached hydrogens (tertiary/aromatic N) is 1. The molecule has 0 bridgehead atoms. The van der Waals surface area contributed by atoms with Gasteiger partial charge >= 0.3 is 6.09 Å². The van der Waals surface area contributed by atoms with Crippen molar-refractivity contribution in [3.8, 4) is 0 Å². The number of aliphatic hydroxyl groups is 1. The third-order valence-electron chi connectivity index (χ3n) is 4.64. The molecule has 34 heavy (non-hydrogen) atoms. The van der Waals surface area contributed by atoms with Crippen molar-refractivity contribution in [1.82, 2.24) is 15.6 Å². The zero-order valence-electron chi connectivity index (χ0n) is 20.4. The number of alkyl carbamates (subject to hydrolysis) is 1. The van der Waals surface area contributed by atoms with Gasteiger partial charge in [0.05, 0.1) is 23.4 Å². The average Bonchev–Trinajstić information content (AvgIpc) is 2.67. The number of aliphatic hydroxyl groups excluding tert-OH is 1. The van der Waals surface area contributed by atoms with Crippen molar-refractivity contribution in [2.75, 3.05) is 0 Å². The number of amides is 2. The molecule has 2 atom stereocenters. The summed E-state index contributed by atoms with van der Waals surface area (Å²) in [6.45, 7) is 10.7. The summed E-state index contributed by atoms with van der Waals surface area (Å²) < 4.78 is 19.7. The van der Waals surface area contributed by atoms with E-state index in [-0.39, 0.29) is 24.3 Å². The molecule has 3 N–H and O–H groups in total. The average molecular weight is 494 g/mol. The van der Waals surface area contributed by atoms with Crippen LogP contribution in [-0.4, -0.2) is 45.4 Å². The molecule has 7 nitrogen and oxygen atoms in total. The summed E-state index contributed by atoms with van der Waals surface area (Å²) in [4.78, 5) is 29.5. The van der Waals surface area contributed by atoms with E-state index in [0.29, 0.717) is 16.3 Å². The van der Waals surface area contributed by atoms with Crippen LogP contribution < -0.4 is 10.6 Å². The summed E-state index contributed by atoms with van der Waals surface area (Å²) >= 11 is 6.02. The molecule has 0 aliphatic carbocycles. The Balaban J connectivity index is 2.31. The molecule has 0 aliphatic heterocycles. The minimum absolute atomic E-state index is 0.0524. The first-order valence-corrected chi connectivity index (χ1v) is 11.4. The maximum atomic E-state index is 14.4. The predicted molar refractivity (Wildman–Crippen MR) is 129 cm³/mol. The SMILES string of the molecule is CC(C)(C)NC(=O)c1cccnc1CC(O)C(Cc1cc(Cl)ccc1F)NC(=O)OC(C)(C)C. The van der Waals surface area contributed by atoms with E-state index in [1.165, 1.54) is 24.4 Å². The van der Waals surface area contributed by atoms with E-state index in [1.807, 2.05) is 20.8 Å². The first-order chi connectivity index (χ1) is 15.6. The number of carbonyl (C=O) groups is 2. The molecule has 2 amide bonds. The van der Waals surface area contributed by atoms with E-state index < -0.39 is 35.2 Å². The summed E-state index contributed by atoms with van der Waals surface area (Å²) in [6.07, 6.45) is -0.560. The second kappa shape index (κ2) is 11.1. The van der Waals surface area contributed by atoms with Gasteiger partial charge in [-0.15, -0.1) is 0 Å². The van der Waals surface area contributed by atoms with Crippen LogP contribution in [0.25, 0.3) is 0 Å². The second-order valence-electron chi connectivity index (χ2n) is 10.2. The number of rotatable bonds is 7. The van der Waals surface area contributed by atoms with Crippen molar-refractivity contribution >= 4 is 23.6 Å². The molecular weight excluding hydrogens is 461 g/mol. The highest BCUT2D eigenvalue weighted by Gasteiger charge is 2.28. The molecule has 1 aromatic heterocycles. The zero-order valence-corrected chi connectivity index (χ0v) is 21.2. The lowest BCUT2D eigenvalue weighted by Gasteiger charge is -2.27. The van der Waals surface area contributed by atoms with Crippen LogP contribution in [0.3, 0.4) is 0 Å². The molecule has 2 unspecified atom stereocenters. The van der Waals surface area contributed by atoms with Gasteiger partial charge in [-0.25, -0.2) is 9.18 Å². The number of carbonyl (C=O) groups excluding carboxylic acids is 2. The Morgan fingerprint density at radius 3 is 2.44 bits per heavy atom. The van der Waals surface area contributed by atoms with Crippen LogP contribution in [0.2, 0.25) is 5.02 Å². The fourth-order valence-corrected chi connectivity index (χ4v) is 3.43. The first kappa shape index (κ1) is 27.5. The lowest BCUT2D eigenvalue weighted by Crippen LogP contribution is -2.48. The van der Waals surface area contributed by atoms with E-state index in [1.54, 1.807) is 32.9 Å². The maximum absolute atomic E-state index is 14.4. The number of hydrogen-bond donors (Lipinski definition) is 3. The standard InChI is InChI=1S/C25H33ClFN3O4/c1-24(2,3)30-22(32)17-8-7-11-28-19(17)14-21(31)20(29-23(33)34-25(4,5)6)13-15-12-16(26)9-10-18(15)27/h7-12,20-21,31H,13-14H2,1-6H3,(H,29,33)(H,30,32). The molecule has 0 radical (unpaired) electrons. The number of benzene rings is 1. The van der Waals surface area contributed by atoms with E-state index in [2.05, 4.69) is 15.6 Å².